The first-order valence-electron chi connectivity index (χ1n) is 42.0. The van der Waals surface area contributed by atoms with Crippen molar-refractivity contribution in [2.45, 2.75) is 261 Å². The van der Waals surface area contributed by atoms with E-state index >= 15 is 24.0 Å². The van der Waals surface area contributed by atoms with E-state index in [0.717, 1.165) is 0 Å². The van der Waals surface area contributed by atoms with Gasteiger partial charge in [0.15, 0.2) is 17.9 Å². The lowest BCUT2D eigenvalue weighted by Gasteiger charge is -2.34. The molecule has 700 valence electrons. The highest BCUT2D eigenvalue weighted by molar-refractivity contribution is 6.02. The lowest BCUT2D eigenvalue weighted by Crippen LogP contribution is -2.65. The van der Waals surface area contributed by atoms with E-state index < -0.39 is 203 Å². The zero-order valence-electron chi connectivity index (χ0n) is 73.0. The molecule has 1 aromatic heterocycles. The molecule has 0 fully saturated rings. The number of phenols is 2. The van der Waals surface area contributed by atoms with Crippen LogP contribution in [0.25, 0.3) is 0 Å². The number of phenolic OH excluding ortho intramolecular Hbond substituents is 2. The summed E-state index contributed by atoms with van der Waals surface area (Å²) in [6, 6.07) is -5.56. The quantitative estimate of drug-likeness (QED) is 0.0110. The average molecular weight is 1780 g/mol. The summed E-state index contributed by atoms with van der Waals surface area (Å²) in [5.41, 5.74) is 30.7. The van der Waals surface area contributed by atoms with E-state index in [1.54, 1.807) is 39.8 Å². The summed E-state index contributed by atoms with van der Waals surface area (Å²) in [4.78, 5) is 235. The second-order valence-electron chi connectivity index (χ2n) is 32.7. The van der Waals surface area contributed by atoms with E-state index in [0.29, 0.717) is 16.8 Å². The van der Waals surface area contributed by atoms with Gasteiger partial charge in [-0.1, -0.05) is 64.1 Å². The minimum atomic E-state index is -2.10. The molecule has 45 nitrogen and oxygen atoms in total. The van der Waals surface area contributed by atoms with Crippen LogP contribution >= 0.6 is 0 Å². The van der Waals surface area contributed by atoms with Crippen LogP contribution in [0.15, 0.2) is 73.2 Å². The highest BCUT2D eigenvalue weighted by Crippen LogP contribution is 2.23. The van der Waals surface area contributed by atoms with Gasteiger partial charge in [-0.25, -0.2) is 4.98 Å². The third kappa shape index (κ3) is 39.4. The molecule has 2 heterocycles. The number of nitrogens with one attached hydrogen (secondary N) is 20. The first-order chi connectivity index (χ1) is 59.8. The summed E-state index contributed by atoms with van der Waals surface area (Å²) < 4.78 is 0. The number of hydrogen-bond donors (Lipinski definition) is 28. The largest absolute Gasteiger partial charge is 0.508 e. The molecule has 0 bridgehead atoms. The molecule has 0 unspecified atom stereocenters. The topological polar surface area (TPSA) is 762 Å². The Morgan fingerprint density at radius 3 is 1.33 bits per heavy atom. The molecular weight excluding hydrogens is 1650 g/mol. The van der Waals surface area contributed by atoms with Crippen molar-refractivity contribution in [3.8, 4) is 11.5 Å². The van der Waals surface area contributed by atoms with Gasteiger partial charge in [-0.3, -0.25) is 92.9 Å². The van der Waals surface area contributed by atoms with Gasteiger partial charge in [0, 0.05) is 64.1 Å². The summed E-state index contributed by atoms with van der Waals surface area (Å²) in [6.45, 7) is 12.2. The number of aromatic nitrogens is 2. The monoisotopic (exact) mass is 1780 g/mol. The van der Waals surface area contributed by atoms with Crippen molar-refractivity contribution in [2.24, 2.45) is 46.2 Å². The molecule has 0 saturated carbocycles. The maximum absolute atomic E-state index is 15.4. The molecule has 3 aromatic rings. The van der Waals surface area contributed by atoms with Gasteiger partial charge in [0.05, 0.1) is 12.7 Å². The number of primary amides is 3. The first kappa shape index (κ1) is 106. The predicted molar refractivity (Wildman–Crippen MR) is 466 cm³/mol. The zero-order chi connectivity index (χ0) is 94.8. The molecule has 0 spiro atoms. The van der Waals surface area contributed by atoms with Gasteiger partial charge in [0.25, 0.3) is 0 Å². The van der Waals surface area contributed by atoms with Crippen LogP contribution in [0.1, 0.15) is 181 Å². The fraction of sp³-hybridized carbons (Fsp3) is 0.561. The van der Waals surface area contributed by atoms with Crippen LogP contribution in [0.3, 0.4) is 0 Å². The number of hydrogen-bond acceptors (Lipinski definition) is 22. The summed E-state index contributed by atoms with van der Waals surface area (Å²) in [5, 5.41) is 85.3. The summed E-state index contributed by atoms with van der Waals surface area (Å²) in [6.07, 6.45) is 2.93. The Morgan fingerprint density at radius 1 is 0.488 bits per heavy atom. The van der Waals surface area contributed by atoms with Crippen LogP contribution in [-0.2, 0) is 96.0 Å². The Balaban J connectivity index is 1.83. The fourth-order valence-electron chi connectivity index (χ4n) is 13.5. The molecule has 16 amide bonds. The number of allylic oxidation sites excluding steroid dienone is 2. The number of imidazole rings is 1. The van der Waals surface area contributed by atoms with Crippen LogP contribution in [0.5, 0.6) is 11.5 Å². The molecule has 127 heavy (non-hydrogen) atoms. The number of aromatic amines is 1. The SMILES string of the molecule is CC(=O)N[C@@H](C)C(=O)N[C@@H](CCCNC(=N)N)C(=O)N[C@@H](Cc1cnc[nH]1)C(=O)N[C@@H](Cc1ccc(O)cc1)C(=O)N[C@@]1(C)CCC/C=C/CCC[C@@](C)(C(=O)N[C@@H](CCCNC(=N)N)C(=O)N[C@@H](CCC(N)=O)C(=O)N[C@@H](CCCNC(=N)N)C(=O)N[C@@H](Cc2ccc(O)cc2)C(N)=O)NC(=O)[C@H](CC(C)C)NC(=O)[C@H](CC(C)C)NC(=O)[C@H](CC(N)=O)NC1=O. The van der Waals surface area contributed by atoms with Crippen molar-refractivity contribution in [1.82, 2.24) is 95.0 Å². The van der Waals surface area contributed by atoms with Gasteiger partial charge in [-0.15, -0.1) is 0 Å². The molecular formula is C82H129N27O18. The summed E-state index contributed by atoms with van der Waals surface area (Å²) in [5.74, 6) is -17.5. The van der Waals surface area contributed by atoms with E-state index in [9.17, 15) is 63.0 Å². The Hall–Kier alpha value is -13.7. The molecule has 13 atom stereocenters. The maximum Gasteiger partial charge on any atom is 0.246 e. The molecule has 1 aliphatic heterocycles. The number of nitrogens with two attached hydrogens (primary N) is 6. The normalized spacial score (nSPS) is 19.2. The number of carbonyl (C=O) groups is 16. The van der Waals surface area contributed by atoms with Crippen LogP contribution in [0.2, 0.25) is 0 Å². The van der Waals surface area contributed by atoms with Crippen molar-refractivity contribution >= 4 is 112 Å². The van der Waals surface area contributed by atoms with E-state index in [2.05, 4.69) is 95.0 Å². The number of carbonyl (C=O) groups excluding carboxylic acids is 16. The number of amides is 16. The van der Waals surface area contributed by atoms with Gasteiger partial charge in [-0.05, 0) is 164 Å². The van der Waals surface area contributed by atoms with Gasteiger partial charge in [0.1, 0.15) is 89.0 Å². The Morgan fingerprint density at radius 2 is 0.898 bits per heavy atom. The number of guanidine groups is 3. The minimum absolute atomic E-state index is 0.000772. The second kappa shape index (κ2) is 52.8. The molecule has 0 aliphatic carbocycles. The van der Waals surface area contributed by atoms with Crippen molar-refractivity contribution < 1.29 is 86.9 Å². The molecule has 4 rings (SSSR count). The second-order valence-corrected chi connectivity index (χ2v) is 32.7. The number of aromatic hydroxyl groups is 2. The van der Waals surface area contributed by atoms with E-state index in [1.807, 2.05) is 0 Å². The third-order valence-electron chi connectivity index (χ3n) is 20.4. The van der Waals surface area contributed by atoms with E-state index in [4.69, 9.17) is 50.6 Å². The average Bonchev–Trinajstić information content (AvgIpc) is 1.44. The van der Waals surface area contributed by atoms with Gasteiger partial charge in [0.2, 0.25) is 94.5 Å². The highest BCUT2D eigenvalue weighted by Gasteiger charge is 2.44. The number of H-pyrrole nitrogens is 1. The first-order valence-corrected chi connectivity index (χ1v) is 42.0. The van der Waals surface area contributed by atoms with E-state index in [1.165, 1.54) is 88.8 Å². The Labute approximate surface area is 736 Å². The molecule has 2 aromatic carbocycles. The predicted octanol–water partition coefficient (Wildman–Crippen LogP) is -4.61. The fourth-order valence-corrected chi connectivity index (χ4v) is 13.5. The van der Waals surface area contributed by atoms with Gasteiger partial charge in [-0.2, -0.15) is 0 Å². The zero-order valence-corrected chi connectivity index (χ0v) is 73.0. The number of rotatable bonds is 45. The van der Waals surface area contributed by atoms with Crippen molar-refractivity contribution in [1.29, 1.82) is 16.2 Å². The van der Waals surface area contributed by atoms with Crippen LogP contribution in [0.4, 0.5) is 0 Å². The number of benzene rings is 2. The summed E-state index contributed by atoms with van der Waals surface area (Å²) in [7, 11) is 0. The maximum atomic E-state index is 15.4. The van der Waals surface area contributed by atoms with Crippen molar-refractivity contribution in [3.63, 3.8) is 0 Å². The van der Waals surface area contributed by atoms with Crippen molar-refractivity contribution in [2.75, 3.05) is 19.6 Å². The highest BCUT2D eigenvalue weighted by atomic mass is 16.3. The summed E-state index contributed by atoms with van der Waals surface area (Å²) >= 11 is 0. The van der Waals surface area contributed by atoms with E-state index in [-0.39, 0.29) is 158 Å². The van der Waals surface area contributed by atoms with Gasteiger partial charge < -0.3 is 135 Å². The van der Waals surface area contributed by atoms with Crippen LogP contribution in [0, 0.1) is 28.1 Å². The Bertz CT molecular complexity index is 4320. The van der Waals surface area contributed by atoms with Crippen LogP contribution in [-0.4, -0.2) is 230 Å². The molecule has 45 heteroatoms. The molecule has 0 radical (unpaired) electrons. The Kier molecular flexibility index (Phi) is 44.0. The van der Waals surface area contributed by atoms with Crippen molar-refractivity contribution in [3.05, 3.63) is 90.0 Å². The number of nitrogens with zero attached hydrogens (tertiary/aromatic N) is 1. The minimum Gasteiger partial charge on any atom is -0.508 e. The smallest absolute Gasteiger partial charge is 0.246 e. The molecule has 1 aliphatic rings. The van der Waals surface area contributed by atoms with Gasteiger partial charge >= 0.3 is 0 Å². The molecule has 0 saturated heterocycles. The molecule has 34 N–H and O–H groups in total. The lowest BCUT2D eigenvalue weighted by molar-refractivity contribution is -0.139. The third-order valence-corrected chi connectivity index (χ3v) is 20.4. The van der Waals surface area contributed by atoms with Crippen LogP contribution < -0.4 is 119 Å². The standard InChI is InChI=1S/C82H129N27O18/c1-44(2)36-58-71(121)103-59(37-45(3)4)74(124)108-81(7,76(126)106-55(20-17-35-95-80(90)91)69(119)100-56(29-30-63(83)113)70(120)99-54(19-16-34-94-79(88)89)67(117)101-57(65(85)115)38-48-21-25-51(111)26-22-48)31-13-11-9-10-12-14-32-82(8,77(127)107-62(41-64(84)114)73(123)102-58)109-75(125)60(39-49-23-27-52(112)28-24-49)104-72(122)61(40-50-42-92-43-96-50)105-68(118)53(18-15-33-93-78(86)87)98-66(116)46(5)97-47(6)110/h9-10,21-28,42-46,53-62,111-112H,11-20,29-41H2,1-8H3,(H2,83,113)(H2,84,114)(H2,85,115)(H,92,96)(H,97,110)(H,98,116)(H,99,120)(H,100,119)(H,101,117)(H,102,123)(H,103,121)(H,104,122)(H,105,118)(H,106,126)(H,107,127)(H,108,124)(H,109,125)(H4,86,87,93)(H4,88,89,94)(H4,90,91,95)/b10-9+/t46-,53-,54-,55-,56-,57-,58-,59-,60-,61-,62-,81-,82-/m0/s1. The lowest BCUT2D eigenvalue weighted by atomic mass is 9.91.